The van der Waals surface area contributed by atoms with Gasteiger partial charge in [-0.15, -0.1) is 0 Å². The fraction of sp³-hybridized carbons (Fsp3) is 1.00. The van der Waals surface area contributed by atoms with Crippen LogP contribution >= 0.6 is 0 Å². The van der Waals surface area contributed by atoms with E-state index in [0.29, 0.717) is 13.0 Å². The van der Waals surface area contributed by atoms with E-state index in [1.165, 1.54) is 0 Å². The normalized spacial score (nSPS) is 12.9. The minimum atomic E-state index is -4.01. The minimum Gasteiger partial charge on any atom is -0.377 e. The Morgan fingerprint density at radius 2 is 1.38 bits per heavy atom. The van der Waals surface area contributed by atoms with Crippen LogP contribution in [0.15, 0.2) is 0 Å². The van der Waals surface area contributed by atoms with Crippen LogP contribution in [0.1, 0.15) is 58.3 Å². The molecule has 0 N–H and O–H groups in total. The first-order valence-corrected chi connectivity index (χ1v) is 9.63. The van der Waals surface area contributed by atoms with Crippen molar-refractivity contribution in [2.24, 2.45) is 0 Å². The Labute approximate surface area is 127 Å². The van der Waals surface area contributed by atoms with Gasteiger partial charge in [0.25, 0.3) is 0 Å². The number of alkyl halides is 3. The van der Waals surface area contributed by atoms with Crippen molar-refractivity contribution in [3.05, 3.63) is 0 Å². The summed E-state index contributed by atoms with van der Waals surface area (Å²) >= 11 is 0. The third kappa shape index (κ3) is 11.2. The van der Waals surface area contributed by atoms with Crippen molar-refractivity contribution in [3.8, 4) is 0 Å². The Balaban J connectivity index is 3.54. The second kappa shape index (κ2) is 11.5. The zero-order valence-electron chi connectivity index (χ0n) is 13.4. The van der Waals surface area contributed by atoms with Crippen LogP contribution in [-0.2, 0) is 13.3 Å². The Bertz CT molecular complexity index is 246. The molecule has 0 aliphatic carbocycles. The maximum absolute atomic E-state index is 11.9. The first kappa shape index (κ1) is 20.9. The van der Waals surface area contributed by atoms with E-state index in [-0.39, 0.29) is 6.42 Å². The summed E-state index contributed by atoms with van der Waals surface area (Å²) < 4.78 is 52.4. The molecule has 3 nitrogen and oxygen atoms in total. The highest BCUT2D eigenvalue weighted by atomic mass is 28.4. The fourth-order valence-corrected chi connectivity index (χ4v) is 4.17. The van der Waals surface area contributed by atoms with Crippen molar-refractivity contribution in [2.75, 3.05) is 20.8 Å². The van der Waals surface area contributed by atoms with Crippen molar-refractivity contribution >= 4 is 8.80 Å². The summed E-state index contributed by atoms with van der Waals surface area (Å²) in [5.74, 6) is 0. The van der Waals surface area contributed by atoms with Crippen molar-refractivity contribution in [1.29, 1.82) is 0 Å². The predicted octanol–water partition coefficient (Wildman–Crippen LogP) is 4.94. The third-order valence-corrected chi connectivity index (χ3v) is 6.36. The first-order valence-electron chi connectivity index (χ1n) is 7.70. The highest BCUT2D eigenvalue weighted by Crippen LogP contribution is 2.23. The van der Waals surface area contributed by atoms with Gasteiger partial charge in [-0.25, -0.2) is 0 Å². The van der Waals surface area contributed by atoms with E-state index in [2.05, 4.69) is 6.92 Å². The summed E-state index contributed by atoms with van der Waals surface area (Å²) in [5, 5.41) is 0. The van der Waals surface area contributed by atoms with E-state index in [9.17, 15) is 13.2 Å². The lowest BCUT2D eigenvalue weighted by molar-refractivity contribution is -0.135. The van der Waals surface area contributed by atoms with Crippen LogP contribution in [0, 0.1) is 0 Å². The van der Waals surface area contributed by atoms with Gasteiger partial charge in [0, 0.05) is 33.3 Å². The number of hydrogen-bond acceptors (Lipinski definition) is 3. The molecule has 0 saturated heterocycles. The molecule has 0 heterocycles. The van der Waals surface area contributed by atoms with Gasteiger partial charge in [0.05, 0.1) is 0 Å². The van der Waals surface area contributed by atoms with Gasteiger partial charge in [0.2, 0.25) is 0 Å². The molecule has 0 aliphatic rings. The summed E-state index contributed by atoms with van der Waals surface area (Å²) in [6.07, 6.45) is 0.814. The summed E-state index contributed by atoms with van der Waals surface area (Å²) in [7, 11) is 0.764. The van der Waals surface area contributed by atoms with Crippen LogP contribution in [0.5, 0.6) is 0 Å². The van der Waals surface area contributed by atoms with Crippen LogP contribution in [0.4, 0.5) is 13.2 Å². The van der Waals surface area contributed by atoms with E-state index < -0.39 is 21.4 Å². The van der Waals surface area contributed by atoms with Crippen LogP contribution in [-0.4, -0.2) is 35.8 Å². The van der Waals surface area contributed by atoms with Gasteiger partial charge < -0.3 is 13.3 Å². The van der Waals surface area contributed by atoms with Gasteiger partial charge in [0.15, 0.2) is 0 Å². The smallest absolute Gasteiger partial charge is 0.377 e. The molecule has 0 aromatic heterocycles. The quantitative estimate of drug-likeness (QED) is 0.354. The third-order valence-electron chi connectivity index (χ3n) is 3.35. The van der Waals surface area contributed by atoms with Crippen molar-refractivity contribution in [2.45, 2.75) is 70.5 Å². The van der Waals surface area contributed by atoms with Crippen molar-refractivity contribution < 1.29 is 26.4 Å². The molecule has 0 rings (SSSR count). The molecule has 0 atom stereocenters. The maximum Gasteiger partial charge on any atom is 0.500 e. The second-order valence-electron chi connectivity index (χ2n) is 5.18. The van der Waals surface area contributed by atoms with Crippen LogP contribution < -0.4 is 0 Å². The van der Waals surface area contributed by atoms with Gasteiger partial charge in [-0.2, -0.15) is 13.2 Å². The van der Waals surface area contributed by atoms with E-state index in [0.717, 1.165) is 38.1 Å². The lowest BCUT2D eigenvalue weighted by Gasteiger charge is -2.25. The lowest BCUT2D eigenvalue weighted by atomic mass is 10.1. The average Bonchev–Trinajstić information content (AvgIpc) is 2.43. The zero-order valence-corrected chi connectivity index (χ0v) is 14.4. The SMILES string of the molecule is CCC[Si](OC)(OC)OCCCCCCCCC(F)(F)F. The number of unbranched alkanes of at least 4 members (excludes halogenated alkanes) is 5. The molecule has 0 aliphatic heterocycles. The molecule has 7 heteroatoms. The topological polar surface area (TPSA) is 27.7 Å². The molecule has 0 amide bonds. The Morgan fingerprint density at radius 1 is 0.857 bits per heavy atom. The molecule has 0 radical (unpaired) electrons. The Kier molecular flexibility index (Phi) is 11.4. The number of rotatable bonds is 13. The highest BCUT2D eigenvalue weighted by molar-refractivity contribution is 6.60. The molecular formula is C14H29F3O3Si. The molecule has 0 saturated carbocycles. The van der Waals surface area contributed by atoms with Gasteiger partial charge >= 0.3 is 15.0 Å². The number of halogens is 3. The molecular weight excluding hydrogens is 301 g/mol. The van der Waals surface area contributed by atoms with Crippen molar-refractivity contribution in [3.63, 3.8) is 0 Å². The average molecular weight is 330 g/mol. The second-order valence-corrected chi connectivity index (χ2v) is 8.15. The van der Waals surface area contributed by atoms with E-state index in [1.54, 1.807) is 14.2 Å². The Hall–Kier alpha value is -0.113. The van der Waals surface area contributed by atoms with Crippen LogP contribution in [0.3, 0.4) is 0 Å². The largest absolute Gasteiger partial charge is 0.500 e. The predicted molar refractivity (Wildman–Crippen MR) is 79.2 cm³/mol. The van der Waals surface area contributed by atoms with Gasteiger partial charge in [-0.05, 0) is 12.8 Å². The monoisotopic (exact) mass is 330 g/mol. The molecule has 0 aromatic rings. The van der Waals surface area contributed by atoms with Gasteiger partial charge in [0.1, 0.15) is 0 Å². The molecule has 0 bridgehead atoms. The van der Waals surface area contributed by atoms with E-state index in [1.807, 2.05) is 0 Å². The van der Waals surface area contributed by atoms with E-state index >= 15 is 0 Å². The van der Waals surface area contributed by atoms with Crippen molar-refractivity contribution in [1.82, 2.24) is 0 Å². The standard InChI is InChI=1S/C14H29F3O3Si/c1-4-13-21(18-2,19-3)20-12-10-8-6-5-7-9-11-14(15,16)17/h4-13H2,1-3H3. The fourth-order valence-electron chi connectivity index (χ4n) is 2.15. The van der Waals surface area contributed by atoms with Gasteiger partial charge in [-0.1, -0.05) is 39.0 Å². The summed E-state index contributed by atoms with van der Waals surface area (Å²) in [6.45, 7) is 2.65. The number of hydrogen-bond donors (Lipinski definition) is 0. The van der Waals surface area contributed by atoms with Crippen LogP contribution in [0.25, 0.3) is 0 Å². The van der Waals surface area contributed by atoms with Gasteiger partial charge in [-0.3, -0.25) is 0 Å². The summed E-state index contributed by atoms with van der Waals surface area (Å²) in [6, 6.07) is 0.803. The molecule has 0 fully saturated rings. The maximum atomic E-state index is 11.9. The first-order chi connectivity index (χ1) is 9.89. The molecule has 128 valence electrons. The minimum absolute atomic E-state index is 0.236. The lowest BCUT2D eigenvalue weighted by Crippen LogP contribution is -2.43. The summed E-state index contributed by atoms with van der Waals surface area (Å²) in [4.78, 5) is 0. The molecule has 0 spiro atoms. The molecule has 0 unspecified atom stereocenters. The molecule has 0 aromatic carbocycles. The Morgan fingerprint density at radius 3 is 1.86 bits per heavy atom. The summed E-state index contributed by atoms with van der Waals surface area (Å²) in [5.41, 5.74) is 0. The van der Waals surface area contributed by atoms with Crippen LogP contribution in [0.2, 0.25) is 6.04 Å². The van der Waals surface area contributed by atoms with E-state index in [4.69, 9.17) is 13.3 Å². The highest BCUT2D eigenvalue weighted by Gasteiger charge is 2.37. The zero-order chi connectivity index (χ0) is 16.2. The molecule has 21 heavy (non-hydrogen) atoms.